The number of ether oxygens (including phenoxy) is 1. The van der Waals surface area contributed by atoms with Crippen LogP contribution >= 0.6 is 11.8 Å². The second kappa shape index (κ2) is 19.9. The molecule has 4 aromatic carbocycles. The maximum absolute atomic E-state index is 12.7. The van der Waals surface area contributed by atoms with Crippen LogP contribution in [0.4, 0.5) is 0 Å². The fourth-order valence-electron chi connectivity index (χ4n) is 5.22. The first-order valence-corrected chi connectivity index (χ1v) is 19.8. The number of unbranched alkanes of at least 4 members (excludes halogenated alkanes) is 5. The van der Waals surface area contributed by atoms with Crippen LogP contribution in [0.2, 0.25) is 0 Å². The van der Waals surface area contributed by atoms with Crippen LogP contribution in [0.25, 0.3) is 11.1 Å². The van der Waals surface area contributed by atoms with E-state index in [1.807, 2.05) is 24.3 Å². The van der Waals surface area contributed by atoms with Crippen molar-refractivity contribution in [2.45, 2.75) is 85.3 Å². The largest absolute Gasteiger partial charge is 1.00 e. The van der Waals surface area contributed by atoms with Crippen molar-refractivity contribution in [2.75, 3.05) is 12.4 Å². The van der Waals surface area contributed by atoms with Crippen LogP contribution in [0.3, 0.4) is 0 Å². The molecule has 0 heterocycles. The first kappa shape index (κ1) is 40.3. The van der Waals surface area contributed by atoms with Crippen molar-refractivity contribution >= 4 is 32.7 Å². The van der Waals surface area contributed by atoms with Crippen LogP contribution in [-0.4, -0.2) is 39.8 Å². The Morgan fingerprint density at radius 1 is 0.854 bits per heavy atom. The summed E-state index contributed by atoms with van der Waals surface area (Å²) in [6.45, 7) is 4.86. The molecule has 0 aliphatic heterocycles. The normalized spacial score (nSPS) is 12.7. The summed E-state index contributed by atoms with van der Waals surface area (Å²) in [7, 11) is -5.93. The third kappa shape index (κ3) is 11.7. The fourth-order valence-corrected chi connectivity index (χ4v) is 8.28. The number of hydrogen-bond donors (Lipinski definition) is 2. The molecule has 0 fully saturated rings. The molecule has 4 rings (SSSR count). The molecule has 2 unspecified atom stereocenters. The van der Waals surface area contributed by atoms with E-state index in [1.54, 1.807) is 48.5 Å². The van der Waals surface area contributed by atoms with E-state index in [1.165, 1.54) is 18.6 Å². The van der Waals surface area contributed by atoms with Gasteiger partial charge in [0.15, 0.2) is 0 Å². The zero-order chi connectivity index (χ0) is 33.8. The molecule has 2 atom stereocenters. The van der Waals surface area contributed by atoms with Gasteiger partial charge in [-0.05, 0) is 83.6 Å². The Labute approximate surface area is 314 Å². The minimum absolute atomic E-state index is 0. The van der Waals surface area contributed by atoms with Crippen LogP contribution in [0.1, 0.15) is 81.6 Å². The van der Waals surface area contributed by atoms with Crippen molar-refractivity contribution < 1.29 is 61.7 Å². The van der Waals surface area contributed by atoms with Gasteiger partial charge < -0.3 is 19.5 Å². The molecule has 0 spiro atoms. The standard InChI is InChI=1S/C37H44O7S3.Na/c1-3-5-7-8-11-23-46(40)26-27-14-20-34(38)33(24-27)37(39)32-13-10-9-12-31(32)28-15-21-35(36(25-28)47(41,42)43)45-30-18-16-29(17-19-30)44-22-6-4-2;/h9-10,12-21,24-25,37-39H,3-8,11,22-23,26H2,1-2H3,(H,41,42,43);/q;+1/p-1. The van der Waals surface area contributed by atoms with Gasteiger partial charge in [-0.25, -0.2) is 8.42 Å². The van der Waals surface area contributed by atoms with Gasteiger partial charge in [0.2, 0.25) is 0 Å². The van der Waals surface area contributed by atoms with Crippen LogP contribution in [0.5, 0.6) is 11.5 Å². The van der Waals surface area contributed by atoms with Gasteiger partial charge >= 0.3 is 29.6 Å². The van der Waals surface area contributed by atoms with E-state index in [9.17, 15) is 27.4 Å². The Morgan fingerprint density at radius 2 is 1.56 bits per heavy atom. The SMILES string of the molecule is CCCCCCCS(=O)Cc1ccc(O)c(C(O)c2ccccc2-c2ccc(Sc3ccc(OCCCC)cc3)c(S(=O)(=O)[O-])c2)c1.[Na+]. The molecule has 0 aliphatic rings. The van der Waals surface area contributed by atoms with Crippen molar-refractivity contribution in [3.05, 3.63) is 102 Å². The number of phenols is 1. The second-order valence-corrected chi connectivity index (χ2v) is 15.5. The molecular weight excluding hydrogens is 676 g/mol. The van der Waals surface area contributed by atoms with Gasteiger partial charge in [-0.3, -0.25) is 4.21 Å². The predicted octanol–water partition coefficient (Wildman–Crippen LogP) is 5.60. The zero-order valence-corrected chi connectivity index (χ0v) is 32.3. The van der Waals surface area contributed by atoms with Gasteiger partial charge in [0.1, 0.15) is 27.7 Å². The van der Waals surface area contributed by atoms with Crippen LogP contribution in [0.15, 0.2) is 99.6 Å². The summed E-state index contributed by atoms with van der Waals surface area (Å²) in [5, 5.41) is 22.3. The summed E-state index contributed by atoms with van der Waals surface area (Å²) in [6.07, 6.45) is 6.11. The van der Waals surface area contributed by atoms with Gasteiger partial charge in [-0.1, -0.05) is 94.1 Å². The van der Waals surface area contributed by atoms with E-state index >= 15 is 0 Å². The smallest absolute Gasteiger partial charge is 0.744 e. The molecule has 0 saturated carbocycles. The summed E-state index contributed by atoms with van der Waals surface area (Å²) < 4.78 is 55.8. The molecule has 2 N–H and O–H groups in total. The zero-order valence-electron chi connectivity index (χ0n) is 27.9. The number of benzene rings is 4. The summed E-state index contributed by atoms with van der Waals surface area (Å²) in [6, 6.07) is 23.7. The quantitative estimate of drug-likeness (QED) is 0.0775. The first-order valence-electron chi connectivity index (χ1n) is 16.1. The van der Waals surface area contributed by atoms with Crippen LogP contribution < -0.4 is 34.3 Å². The van der Waals surface area contributed by atoms with Gasteiger partial charge in [0.25, 0.3) is 0 Å². The Hall–Kier alpha value is -2.15. The van der Waals surface area contributed by atoms with Gasteiger partial charge in [0, 0.05) is 37.7 Å². The third-order valence-corrected chi connectivity index (χ3v) is 11.3. The van der Waals surface area contributed by atoms with Crippen molar-refractivity contribution in [1.82, 2.24) is 0 Å². The molecule has 252 valence electrons. The van der Waals surface area contributed by atoms with Crippen LogP contribution in [0, 0.1) is 0 Å². The van der Waals surface area contributed by atoms with Crippen molar-refractivity contribution in [2.24, 2.45) is 0 Å². The molecule has 0 aliphatic carbocycles. The Bertz CT molecular complexity index is 1740. The number of aliphatic hydroxyl groups is 1. The fraction of sp³-hybridized carbons (Fsp3) is 0.351. The first-order chi connectivity index (χ1) is 22.6. The van der Waals surface area contributed by atoms with Gasteiger partial charge in [0.05, 0.1) is 11.5 Å². The van der Waals surface area contributed by atoms with E-state index in [0.29, 0.717) is 40.6 Å². The number of hydrogen-bond acceptors (Lipinski definition) is 8. The summed E-state index contributed by atoms with van der Waals surface area (Å²) in [5.74, 6) is 1.52. The van der Waals surface area contributed by atoms with Crippen molar-refractivity contribution in [3.63, 3.8) is 0 Å². The molecule has 0 bridgehead atoms. The van der Waals surface area contributed by atoms with E-state index in [2.05, 4.69) is 13.8 Å². The average Bonchev–Trinajstić information content (AvgIpc) is 3.06. The Morgan fingerprint density at radius 3 is 2.27 bits per heavy atom. The molecule has 0 aromatic heterocycles. The number of rotatable bonds is 18. The van der Waals surface area contributed by atoms with Gasteiger partial charge in [-0.2, -0.15) is 0 Å². The Kier molecular flexibility index (Phi) is 16.7. The van der Waals surface area contributed by atoms with Crippen LogP contribution in [-0.2, 0) is 26.7 Å². The van der Waals surface area contributed by atoms with E-state index in [0.717, 1.165) is 60.7 Å². The van der Waals surface area contributed by atoms with Crippen molar-refractivity contribution in [1.29, 1.82) is 0 Å². The summed E-state index contributed by atoms with van der Waals surface area (Å²) >= 11 is 1.16. The average molecular weight is 719 g/mol. The molecule has 4 aromatic rings. The maximum Gasteiger partial charge on any atom is 1.00 e. The number of phenolic OH excluding ortho intramolecular Hbond substituents is 1. The molecule has 7 nitrogen and oxygen atoms in total. The Balaban J connectivity index is 0.00000625. The molecule has 0 radical (unpaired) electrons. The molecule has 48 heavy (non-hydrogen) atoms. The third-order valence-electron chi connectivity index (χ3n) is 7.79. The topological polar surface area (TPSA) is 124 Å². The van der Waals surface area contributed by atoms with E-state index < -0.39 is 27.0 Å². The number of aliphatic hydroxyl groups excluding tert-OH is 1. The maximum atomic E-state index is 12.7. The summed E-state index contributed by atoms with van der Waals surface area (Å²) in [5.41, 5.74) is 2.35. The van der Waals surface area contributed by atoms with Crippen molar-refractivity contribution in [3.8, 4) is 22.6 Å². The molecule has 0 saturated heterocycles. The molecular formula is C37H43NaO7S3. The summed E-state index contributed by atoms with van der Waals surface area (Å²) in [4.78, 5) is 0.661. The number of aromatic hydroxyl groups is 1. The van der Waals surface area contributed by atoms with Gasteiger partial charge in [-0.15, -0.1) is 0 Å². The minimum atomic E-state index is -4.85. The minimum Gasteiger partial charge on any atom is -0.744 e. The second-order valence-electron chi connectivity index (χ2n) is 11.5. The molecule has 0 amide bonds. The molecule has 11 heteroatoms. The predicted molar refractivity (Wildman–Crippen MR) is 188 cm³/mol. The van der Waals surface area contributed by atoms with E-state index in [4.69, 9.17) is 4.74 Å². The van der Waals surface area contributed by atoms with E-state index in [-0.39, 0.29) is 50.7 Å². The monoisotopic (exact) mass is 718 g/mol.